The number of hydrogen-bond acceptors (Lipinski definition) is 5. The van der Waals surface area contributed by atoms with Crippen molar-refractivity contribution in [2.45, 2.75) is 19.9 Å². The average molecular weight is 376 g/mol. The lowest BCUT2D eigenvalue weighted by atomic mass is 10.1. The molecule has 0 spiro atoms. The zero-order valence-corrected chi connectivity index (χ0v) is 16.1. The van der Waals surface area contributed by atoms with Crippen LogP contribution in [-0.4, -0.2) is 29.5 Å². The Hall–Kier alpha value is -3.41. The lowest BCUT2D eigenvalue weighted by Gasteiger charge is -2.11. The molecule has 0 saturated heterocycles. The van der Waals surface area contributed by atoms with Crippen LogP contribution in [0.25, 0.3) is 0 Å². The summed E-state index contributed by atoms with van der Waals surface area (Å²) in [5, 5.41) is 6.16. The first-order valence-electron chi connectivity index (χ1n) is 9.19. The van der Waals surface area contributed by atoms with Crippen LogP contribution in [0, 0.1) is 6.92 Å². The summed E-state index contributed by atoms with van der Waals surface area (Å²) in [5.74, 6) is 1.69. The summed E-state index contributed by atoms with van der Waals surface area (Å²) >= 11 is 0. The van der Waals surface area contributed by atoms with Crippen molar-refractivity contribution in [1.29, 1.82) is 0 Å². The van der Waals surface area contributed by atoms with Gasteiger partial charge in [-0.15, -0.1) is 0 Å². The maximum absolute atomic E-state index is 12.5. The minimum Gasteiger partial charge on any atom is -0.496 e. The van der Waals surface area contributed by atoms with E-state index in [1.54, 1.807) is 20.1 Å². The molecule has 1 heterocycles. The van der Waals surface area contributed by atoms with Crippen LogP contribution in [-0.2, 0) is 13.0 Å². The quantitative estimate of drug-likeness (QED) is 0.630. The van der Waals surface area contributed by atoms with Crippen LogP contribution < -0.4 is 15.4 Å². The molecule has 1 aromatic heterocycles. The molecule has 6 heteroatoms. The molecular weight excluding hydrogens is 352 g/mol. The van der Waals surface area contributed by atoms with Crippen molar-refractivity contribution in [1.82, 2.24) is 15.3 Å². The van der Waals surface area contributed by atoms with Gasteiger partial charge in [0.1, 0.15) is 23.1 Å². The number of nitrogens with zero attached hydrogens (tertiary/aromatic N) is 2. The molecule has 2 aromatic carbocycles. The van der Waals surface area contributed by atoms with Gasteiger partial charge in [0, 0.05) is 24.7 Å². The van der Waals surface area contributed by atoms with Gasteiger partial charge < -0.3 is 15.4 Å². The van der Waals surface area contributed by atoms with E-state index in [1.165, 1.54) is 5.56 Å². The standard InChI is InChI=1S/C22H24N4O2/c1-16-25-19(22(27)24-15-18-10-6-7-11-20(18)28-2)14-21(26-16)23-13-12-17-8-4-3-5-9-17/h3-11,14H,12-13,15H2,1-2H3,(H,24,27)(H,23,25,26). The summed E-state index contributed by atoms with van der Waals surface area (Å²) in [6.45, 7) is 2.87. The molecule has 144 valence electrons. The van der Waals surface area contributed by atoms with Gasteiger partial charge >= 0.3 is 0 Å². The minimum atomic E-state index is -0.248. The Morgan fingerprint density at radius 1 is 1.04 bits per heavy atom. The fourth-order valence-electron chi connectivity index (χ4n) is 2.87. The number of rotatable bonds is 8. The molecular formula is C22H24N4O2. The molecule has 0 bridgehead atoms. The number of methoxy groups -OCH3 is 1. The van der Waals surface area contributed by atoms with Crippen LogP contribution in [0.4, 0.5) is 5.82 Å². The fraction of sp³-hybridized carbons (Fsp3) is 0.227. The van der Waals surface area contributed by atoms with E-state index in [0.717, 1.165) is 24.3 Å². The number of benzene rings is 2. The van der Waals surface area contributed by atoms with Crippen LogP contribution in [0.15, 0.2) is 60.7 Å². The van der Waals surface area contributed by atoms with Crippen molar-refractivity contribution in [2.75, 3.05) is 19.0 Å². The highest BCUT2D eigenvalue weighted by Gasteiger charge is 2.11. The van der Waals surface area contributed by atoms with Crippen molar-refractivity contribution in [3.63, 3.8) is 0 Å². The lowest BCUT2D eigenvalue weighted by molar-refractivity contribution is 0.0945. The van der Waals surface area contributed by atoms with Gasteiger partial charge in [-0.1, -0.05) is 48.5 Å². The smallest absolute Gasteiger partial charge is 0.270 e. The zero-order chi connectivity index (χ0) is 19.8. The van der Waals surface area contributed by atoms with Crippen LogP contribution in [0.2, 0.25) is 0 Å². The van der Waals surface area contributed by atoms with Gasteiger partial charge in [0.2, 0.25) is 0 Å². The normalized spacial score (nSPS) is 10.4. The van der Waals surface area contributed by atoms with E-state index >= 15 is 0 Å². The Labute approximate surface area is 165 Å². The Morgan fingerprint density at radius 2 is 1.79 bits per heavy atom. The Balaban J connectivity index is 1.61. The number of carbonyl (C=O) groups excluding carboxylic acids is 1. The first kappa shape index (κ1) is 19.4. The van der Waals surface area contributed by atoms with E-state index in [1.807, 2.05) is 42.5 Å². The topological polar surface area (TPSA) is 76.1 Å². The monoisotopic (exact) mass is 376 g/mol. The molecule has 6 nitrogen and oxygen atoms in total. The van der Waals surface area contributed by atoms with Crippen molar-refractivity contribution < 1.29 is 9.53 Å². The maximum atomic E-state index is 12.5. The summed E-state index contributed by atoms with van der Waals surface area (Å²) in [4.78, 5) is 21.2. The van der Waals surface area contributed by atoms with Gasteiger partial charge in [-0.3, -0.25) is 4.79 Å². The summed E-state index contributed by atoms with van der Waals surface area (Å²) in [6.07, 6.45) is 0.874. The number of ether oxygens (including phenoxy) is 1. The lowest BCUT2D eigenvalue weighted by Crippen LogP contribution is -2.25. The summed E-state index contributed by atoms with van der Waals surface area (Å²) in [5.41, 5.74) is 2.49. The molecule has 0 aliphatic rings. The fourth-order valence-corrected chi connectivity index (χ4v) is 2.87. The zero-order valence-electron chi connectivity index (χ0n) is 16.1. The number of aromatic nitrogens is 2. The molecule has 28 heavy (non-hydrogen) atoms. The molecule has 0 atom stereocenters. The number of para-hydroxylation sites is 1. The SMILES string of the molecule is COc1ccccc1CNC(=O)c1cc(NCCc2ccccc2)nc(C)n1. The summed E-state index contributed by atoms with van der Waals surface area (Å²) in [6, 6.07) is 19.5. The molecule has 0 radical (unpaired) electrons. The third-order valence-corrected chi connectivity index (χ3v) is 4.27. The van der Waals surface area contributed by atoms with E-state index in [2.05, 4.69) is 32.7 Å². The van der Waals surface area contributed by atoms with Gasteiger partial charge in [-0.2, -0.15) is 0 Å². The third kappa shape index (κ3) is 5.30. The van der Waals surface area contributed by atoms with Crippen LogP contribution in [0.5, 0.6) is 5.75 Å². The Bertz CT molecular complexity index is 929. The van der Waals surface area contributed by atoms with Gasteiger partial charge in [0.15, 0.2) is 0 Å². The van der Waals surface area contributed by atoms with Gasteiger partial charge in [-0.05, 0) is 25.0 Å². The molecule has 0 aliphatic heterocycles. The molecule has 3 rings (SSSR count). The van der Waals surface area contributed by atoms with Crippen molar-refractivity contribution in [3.8, 4) is 5.75 Å². The van der Waals surface area contributed by atoms with E-state index in [4.69, 9.17) is 4.74 Å². The number of amides is 1. The molecule has 0 saturated carbocycles. The second-order valence-electron chi connectivity index (χ2n) is 6.34. The Morgan fingerprint density at radius 3 is 2.57 bits per heavy atom. The highest BCUT2D eigenvalue weighted by molar-refractivity contribution is 5.92. The maximum Gasteiger partial charge on any atom is 0.270 e. The van der Waals surface area contributed by atoms with Crippen molar-refractivity contribution in [2.24, 2.45) is 0 Å². The van der Waals surface area contributed by atoms with Gasteiger partial charge in [0.05, 0.1) is 7.11 Å². The molecule has 0 fully saturated rings. The number of aryl methyl sites for hydroxylation is 1. The largest absolute Gasteiger partial charge is 0.496 e. The number of hydrogen-bond donors (Lipinski definition) is 2. The van der Waals surface area contributed by atoms with Crippen molar-refractivity contribution in [3.05, 3.63) is 83.3 Å². The molecule has 0 aliphatic carbocycles. The van der Waals surface area contributed by atoms with Crippen molar-refractivity contribution >= 4 is 11.7 Å². The average Bonchev–Trinajstić information content (AvgIpc) is 2.72. The molecule has 1 amide bonds. The molecule has 3 aromatic rings. The predicted molar refractivity (Wildman–Crippen MR) is 110 cm³/mol. The first-order valence-corrected chi connectivity index (χ1v) is 9.19. The second kappa shape index (κ2) is 9.50. The minimum absolute atomic E-state index is 0.248. The van der Waals surface area contributed by atoms with Crippen LogP contribution in [0.1, 0.15) is 27.4 Å². The van der Waals surface area contributed by atoms with E-state index in [0.29, 0.717) is 23.9 Å². The highest BCUT2D eigenvalue weighted by Crippen LogP contribution is 2.17. The van der Waals surface area contributed by atoms with Crippen LogP contribution in [0.3, 0.4) is 0 Å². The second-order valence-corrected chi connectivity index (χ2v) is 6.34. The predicted octanol–water partition coefficient (Wildman–Crippen LogP) is 3.38. The molecule has 0 unspecified atom stereocenters. The Kier molecular flexibility index (Phi) is 6.57. The van der Waals surface area contributed by atoms with E-state index < -0.39 is 0 Å². The van der Waals surface area contributed by atoms with Gasteiger partial charge in [0.25, 0.3) is 5.91 Å². The van der Waals surface area contributed by atoms with E-state index in [-0.39, 0.29) is 5.91 Å². The first-order chi connectivity index (χ1) is 13.7. The van der Waals surface area contributed by atoms with Gasteiger partial charge in [-0.25, -0.2) is 9.97 Å². The summed E-state index contributed by atoms with van der Waals surface area (Å²) in [7, 11) is 1.61. The van der Waals surface area contributed by atoms with Crippen LogP contribution >= 0.6 is 0 Å². The van der Waals surface area contributed by atoms with E-state index in [9.17, 15) is 4.79 Å². The summed E-state index contributed by atoms with van der Waals surface area (Å²) < 4.78 is 5.32. The number of anilines is 1. The third-order valence-electron chi connectivity index (χ3n) is 4.27. The number of nitrogens with one attached hydrogen (secondary N) is 2. The molecule has 2 N–H and O–H groups in total. The number of carbonyl (C=O) groups is 1. The highest BCUT2D eigenvalue weighted by atomic mass is 16.5.